The second kappa shape index (κ2) is 10.8. The number of piperazine rings is 1. The van der Waals surface area contributed by atoms with E-state index in [-0.39, 0.29) is 6.42 Å². The number of aliphatic carboxylic acids is 1. The van der Waals surface area contributed by atoms with Crippen LogP contribution in [0.25, 0.3) is 10.9 Å². The molecule has 9 heteroatoms. The first-order valence-electron chi connectivity index (χ1n) is 11.1. The number of rotatable bonds is 10. The summed E-state index contributed by atoms with van der Waals surface area (Å²) in [5, 5.41) is 13.2. The van der Waals surface area contributed by atoms with Crippen molar-refractivity contribution in [1.82, 2.24) is 24.8 Å². The van der Waals surface area contributed by atoms with E-state index in [0.717, 1.165) is 74.1 Å². The Morgan fingerprint density at radius 3 is 2.53 bits per heavy atom. The minimum absolute atomic E-state index is 0.226. The number of carbonyl (C=O) groups is 1. The normalized spacial score (nSPS) is 14.6. The standard InChI is InChI=1S/C23H29N7O2/c31-21(32)9-2-1-5-10-24-22-18-7-3-4-8-19(18)27-20(28-22)17-29-13-15-30(16-14-29)23-25-11-6-12-26-23/h3-4,6-8,11-12H,1-2,5,9-10,13-17H2,(H,31,32)(H,24,27,28). The molecule has 1 aromatic carbocycles. The minimum atomic E-state index is -0.735. The summed E-state index contributed by atoms with van der Waals surface area (Å²) >= 11 is 0. The topological polar surface area (TPSA) is 107 Å². The number of unbranched alkanes of at least 4 members (excludes halogenated alkanes) is 2. The molecule has 0 radical (unpaired) electrons. The number of carboxylic acid groups (broad SMARTS) is 1. The third-order valence-corrected chi connectivity index (χ3v) is 5.58. The van der Waals surface area contributed by atoms with Crippen LogP contribution in [0, 0.1) is 0 Å². The van der Waals surface area contributed by atoms with E-state index in [0.29, 0.717) is 13.0 Å². The predicted octanol–water partition coefficient (Wildman–Crippen LogP) is 2.80. The molecule has 3 aromatic rings. The van der Waals surface area contributed by atoms with E-state index in [2.05, 4.69) is 25.1 Å². The number of hydrogen-bond acceptors (Lipinski definition) is 8. The number of aromatic nitrogens is 4. The first-order chi connectivity index (χ1) is 15.7. The van der Waals surface area contributed by atoms with Crippen LogP contribution < -0.4 is 10.2 Å². The van der Waals surface area contributed by atoms with Gasteiger partial charge in [-0.25, -0.2) is 19.9 Å². The van der Waals surface area contributed by atoms with Gasteiger partial charge < -0.3 is 15.3 Å². The van der Waals surface area contributed by atoms with E-state index >= 15 is 0 Å². The van der Waals surface area contributed by atoms with Gasteiger partial charge in [-0.2, -0.15) is 0 Å². The maximum absolute atomic E-state index is 10.6. The monoisotopic (exact) mass is 435 g/mol. The van der Waals surface area contributed by atoms with Crippen molar-refractivity contribution in [2.75, 3.05) is 42.9 Å². The van der Waals surface area contributed by atoms with Crippen LogP contribution in [0.3, 0.4) is 0 Å². The Kier molecular flexibility index (Phi) is 7.39. The lowest BCUT2D eigenvalue weighted by atomic mass is 10.2. The average Bonchev–Trinajstić information content (AvgIpc) is 2.82. The lowest BCUT2D eigenvalue weighted by Crippen LogP contribution is -2.46. The Balaban J connectivity index is 1.36. The van der Waals surface area contributed by atoms with Gasteiger partial charge in [0.15, 0.2) is 0 Å². The molecule has 0 spiro atoms. The maximum Gasteiger partial charge on any atom is 0.303 e. The fourth-order valence-electron chi connectivity index (χ4n) is 3.88. The van der Waals surface area contributed by atoms with Gasteiger partial charge in [0.2, 0.25) is 5.95 Å². The van der Waals surface area contributed by atoms with Crippen LogP contribution >= 0.6 is 0 Å². The first-order valence-corrected chi connectivity index (χ1v) is 11.1. The zero-order valence-corrected chi connectivity index (χ0v) is 18.2. The SMILES string of the molecule is O=C(O)CCCCCNc1nc(CN2CCN(c3ncccn3)CC2)nc2ccccc12. The Morgan fingerprint density at radius 2 is 1.75 bits per heavy atom. The third kappa shape index (κ3) is 5.88. The second-order valence-electron chi connectivity index (χ2n) is 7.95. The summed E-state index contributed by atoms with van der Waals surface area (Å²) in [4.78, 5) is 33.5. The predicted molar refractivity (Wildman–Crippen MR) is 124 cm³/mol. The molecule has 168 valence electrons. The van der Waals surface area contributed by atoms with Gasteiger partial charge in [-0.3, -0.25) is 9.69 Å². The molecular weight excluding hydrogens is 406 g/mol. The van der Waals surface area contributed by atoms with Crippen LogP contribution in [0.4, 0.5) is 11.8 Å². The Labute approximate surface area is 187 Å². The van der Waals surface area contributed by atoms with Crippen molar-refractivity contribution in [1.29, 1.82) is 0 Å². The Morgan fingerprint density at radius 1 is 0.969 bits per heavy atom. The van der Waals surface area contributed by atoms with Gasteiger partial charge in [-0.05, 0) is 31.0 Å². The zero-order chi connectivity index (χ0) is 22.2. The Bertz CT molecular complexity index is 1020. The molecule has 0 atom stereocenters. The van der Waals surface area contributed by atoms with E-state index in [9.17, 15) is 4.79 Å². The van der Waals surface area contributed by atoms with Gasteiger partial charge in [-0.1, -0.05) is 18.6 Å². The van der Waals surface area contributed by atoms with Crippen molar-refractivity contribution >= 4 is 28.6 Å². The minimum Gasteiger partial charge on any atom is -0.481 e. The Hall–Kier alpha value is -3.33. The number of hydrogen-bond donors (Lipinski definition) is 2. The second-order valence-corrected chi connectivity index (χ2v) is 7.95. The molecule has 1 aliphatic heterocycles. The zero-order valence-electron chi connectivity index (χ0n) is 18.2. The fourth-order valence-corrected chi connectivity index (χ4v) is 3.88. The van der Waals surface area contributed by atoms with E-state index in [1.54, 1.807) is 12.4 Å². The molecule has 1 saturated heterocycles. The largest absolute Gasteiger partial charge is 0.481 e. The quantitative estimate of drug-likeness (QED) is 0.465. The highest BCUT2D eigenvalue weighted by molar-refractivity contribution is 5.88. The number of nitrogens with one attached hydrogen (secondary N) is 1. The molecular formula is C23H29N7O2. The summed E-state index contributed by atoms with van der Waals surface area (Å²) in [7, 11) is 0. The summed E-state index contributed by atoms with van der Waals surface area (Å²) in [5.41, 5.74) is 0.933. The maximum atomic E-state index is 10.6. The van der Waals surface area contributed by atoms with Crippen LogP contribution in [0.2, 0.25) is 0 Å². The lowest BCUT2D eigenvalue weighted by Gasteiger charge is -2.34. The van der Waals surface area contributed by atoms with Crippen LogP contribution in [0.1, 0.15) is 31.5 Å². The smallest absolute Gasteiger partial charge is 0.303 e. The average molecular weight is 436 g/mol. The number of fused-ring (bicyclic) bond motifs is 1. The summed E-state index contributed by atoms with van der Waals surface area (Å²) in [6, 6.07) is 9.87. The highest BCUT2D eigenvalue weighted by Crippen LogP contribution is 2.21. The molecule has 3 heterocycles. The number of nitrogens with zero attached hydrogens (tertiary/aromatic N) is 6. The molecule has 0 bridgehead atoms. The first kappa shape index (κ1) is 21.9. The highest BCUT2D eigenvalue weighted by atomic mass is 16.4. The number of carboxylic acids is 1. The van der Waals surface area contributed by atoms with E-state index < -0.39 is 5.97 Å². The van der Waals surface area contributed by atoms with Crippen molar-refractivity contribution in [2.24, 2.45) is 0 Å². The van der Waals surface area contributed by atoms with E-state index in [4.69, 9.17) is 15.1 Å². The van der Waals surface area contributed by atoms with Crippen molar-refractivity contribution in [3.05, 3.63) is 48.5 Å². The molecule has 32 heavy (non-hydrogen) atoms. The number of anilines is 2. The molecule has 1 aliphatic rings. The van der Waals surface area contributed by atoms with Gasteiger partial charge in [0.25, 0.3) is 0 Å². The van der Waals surface area contributed by atoms with Crippen molar-refractivity contribution in [2.45, 2.75) is 32.2 Å². The molecule has 0 unspecified atom stereocenters. The number of para-hydroxylation sites is 1. The summed E-state index contributed by atoms with van der Waals surface area (Å²) < 4.78 is 0. The van der Waals surface area contributed by atoms with Gasteiger partial charge in [0.05, 0.1) is 12.1 Å². The van der Waals surface area contributed by atoms with Crippen LogP contribution in [0.15, 0.2) is 42.7 Å². The van der Waals surface area contributed by atoms with Gasteiger partial charge in [0, 0.05) is 56.9 Å². The summed E-state index contributed by atoms with van der Waals surface area (Å²) in [6.07, 6.45) is 6.27. The molecule has 2 aromatic heterocycles. The lowest BCUT2D eigenvalue weighted by molar-refractivity contribution is -0.137. The van der Waals surface area contributed by atoms with Crippen LogP contribution in [-0.4, -0.2) is 68.6 Å². The third-order valence-electron chi connectivity index (χ3n) is 5.58. The van der Waals surface area contributed by atoms with Crippen molar-refractivity contribution in [3.63, 3.8) is 0 Å². The van der Waals surface area contributed by atoms with Gasteiger partial charge in [-0.15, -0.1) is 0 Å². The number of benzene rings is 1. The molecule has 9 nitrogen and oxygen atoms in total. The summed E-state index contributed by atoms with van der Waals surface area (Å²) in [5.74, 6) is 1.70. The van der Waals surface area contributed by atoms with Crippen LogP contribution in [-0.2, 0) is 11.3 Å². The van der Waals surface area contributed by atoms with Crippen molar-refractivity contribution in [3.8, 4) is 0 Å². The fraction of sp³-hybridized carbons (Fsp3) is 0.435. The molecule has 2 N–H and O–H groups in total. The molecule has 1 fully saturated rings. The molecule has 4 rings (SSSR count). The molecule has 0 amide bonds. The molecule has 0 aliphatic carbocycles. The van der Waals surface area contributed by atoms with Gasteiger partial charge >= 0.3 is 5.97 Å². The van der Waals surface area contributed by atoms with Crippen molar-refractivity contribution < 1.29 is 9.90 Å². The molecule has 0 saturated carbocycles. The van der Waals surface area contributed by atoms with Gasteiger partial charge in [0.1, 0.15) is 11.6 Å². The summed E-state index contributed by atoms with van der Waals surface area (Å²) in [6.45, 7) is 5.01. The van der Waals surface area contributed by atoms with E-state index in [1.807, 2.05) is 30.3 Å². The highest BCUT2D eigenvalue weighted by Gasteiger charge is 2.20. The van der Waals surface area contributed by atoms with Crippen LogP contribution in [0.5, 0.6) is 0 Å². The van der Waals surface area contributed by atoms with E-state index in [1.165, 1.54) is 0 Å².